The van der Waals surface area contributed by atoms with Crippen molar-refractivity contribution >= 4 is 21.4 Å². The van der Waals surface area contributed by atoms with E-state index in [1.54, 1.807) is 11.3 Å². The fraction of sp³-hybridized carbons (Fsp3) is 0. The van der Waals surface area contributed by atoms with Crippen LogP contribution in [0, 0.1) is 18.2 Å². The maximum absolute atomic E-state index is 3.09. The van der Waals surface area contributed by atoms with E-state index in [0.717, 1.165) is 5.39 Å². The Hall–Kier alpha value is -0.820. The van der Waals surface area contributed by atoms with Gasteiger partial charge in [-0.05, 0) is 29.6 Å². The fourth-order valence-corrected chi connectivity index (χ4v) is 1.42. The van der Waals surface area contributed by atoms with Crippen LogP contribution in [0.25, 0.3) is 10.1 Å². The van der Waals surface area contributed by atoms with Gasteiger partial charge in [0.1, 0.15) is 0 Å². The molecule has 0 fully saturated rings. The van der Waals surface area contributed by atoms with Gasteiger partial charge >= 0.3 is 0 Å². The van der Waals surface area contributed by atoms with Crippen LogP contribution in [-0.2, 0) is 0 Å². The van der Waals surface area contributed by atoms with Gasteiger partial charge < -0.3 is 0 Å². The second kappa shape index (κ2) is 1.85. The predicted molar refractivity (Wildman–Crippen MR) is 38.3 cm³/mol. The van der Waals surface area contributed by atoms with Crippen molar-refractivity contribution in [2.45, 2.75) is 0 Å². The number of benzene rings is 1. The SMILES string of the molecule is [c]1[c]cc2sc[c]c2c1. The summed E-state index contributed by atoms with van der Waals surface area (Å²) in [7, 11) is 0. The van der Waals surface area contributed by atoms with Crippen LogP contribution in [0.1, 0.15) is 0 Å². The van der Waals surface area contributed by atoms with E-state index in [4.69, 9.17) is 0 Å². The van der Waals surface area contributed by atoms with E-state index in [2.05, 4.69) is 18.2 Å². The summed E-state index contributed by atoms with van der Waals surface area (Å²) in [5.41, 5.74) is 0. The molecule has 9 heavy (non-hydrogen) atoms. The molecular formula is C8H3S. The molecule has 3 radical (unpaired) electrons. The van der Waals surface area contributed by atoms with Crippen LogP contribution < -0.4 is 0 Å². The Labute approximate surface area is 57.8 Å². The number of fused-ring (bicyclic) bond motifs is 1. The minimum Gasteiger partial charge on any atom is -0.143 e. The molecule has 0 bridgehead atoms. The summed E-state index contributed by atoms with van der Waals surface area (Å²) in [6.45, 7) is 0. The molecule has 41 valence electrons. The van der Waals surface area contributed by atoms with E-state index >= 15 is 0 Å². The van der Waals surface area contributed by atoms with Gasteiger partial charge in [-0.2, -0.15) is 0 Å². The number of hydrogen-bond acceptors (Lipinski definition) is 1. The lowest BCUT2D eigenvalue weighted by Crippen LogP contribution is -1.58. The normalized spacial score (nSPS) is 10.2. The summed E-state index contributed by atoms with van der Waals surface area (Å²) >= 11 is 1.68. The lowest BCUT2D eigenvalue weighted by atomic mass is 10.3. The third-order valence-corrected chi connectivity index (χ3v) is 2.00. The lowest BCUT2D eigenvalue weighted by molar-refractivity contribution is 1.80. The van der Waals surface area contributed by atoms with Gasteiger partial charge in [0.2, 0.25) is 0 Å². The number of rotatable bonds is 0. The maximum Gasteiger partial charge on any atom is 0.0355 e. The Morgan fingerprint density at radius 1 is 1.22 bits per heavy atom. The van der Waals surface area contributed by atoms with Crippen molar-refractivity contribution in [2.75, 3.05) is 0 Å². The van der Waals surface area contributed by atoms with Crippen LogP contribution in [0.2, 0.25) is 0 Å². The van der Waals surface area contributed by atoms with Crippen molar-refractivity contribution in [3.8, 4) is 0 Å². The third kappa shape index (κ3) is 0.736. The molecule has 1 heteroatoms. The number of hydrogen-bond donors (Lipinski definition) is 0. The molecule has 0 amide bonds. The summed E-state index contributed by atoms with van der Waals surface area (Å²) in [6, 6.07) is 12.7. The molecule has 0 N–H and O–H groups in total. The minimum atomic E-state index is 1.14. The highest BCUT2D eigenvalue weighted by Crippen LogP contribution is 2.17. The smallest absolute Gasteiger partial charge is 0.0355 e. The highest BCUT2D eigenvalue weighted by Gasteiger charge is 1.89. The first-order chi connectivity index (χ1) is 4.47. The molecule has 0 spiro atoms. The van der Waals surface area contributed by atoms with Gasteiger partial charge in [0, 0.05) is 16.2 Å². The maximum atomic E-state index is 3.09. The van der Waals surface area contributed by atoms with E-state index in [-0.39, 0.29) is 0 Å². The van der Waals surface area contributed by atoms with Crippen molar-refractivity contribution < 1.29 is 0 Å². The largest absolute Gasteiger partial charge is 0.143 e. The zero-order valence-corrected chi connectivity index (χ0v) is 5.46. The monoisotopic (exact) mass is 131 g/mol. The quantitative estimate of drug-likeness (QED) is 0.514. The zero-order chi connectivity index (χ0) is 6.10. The topological polar surface area (TPSA) is 0 Å². The van der Waals surface area contributed by atoms with E-state index in [1.165, 1.54) is 4.70 Å². The van der Waals surface area contributed by atoms with Crippen molar-refractivity contribution in [1.29, 1.82) is 0 Å². The molecule has 0 unspecified atom stereocenters. The molecule has 2 aromatic rings. The molecule has 0 aliphatic carbocycles. The van der Waals surface area contributed by atoms with Crippen LogP contribution in [-0.4, -0.2) is 0 Å². The van der Waals surface area contributed by atoms with E-state index in [1.807, 2.05) is 17.5 Å². The highest BCUT2D eigenvalue weighted by atomic mass is 32.1. The van der Waals surface area contributed by atoms with Crippen LogP contribution >= 0.6 is 11.3 Å². The first-order valence-electron chi connectivity index (χ1n) is 2.63. The summed E-state index contributed by atoms with van der Waals surface area (Å²) in [4.78, 5) is 0. The van der Waals surface area contributed by atoms with E-state index in [0.29, 0.717) is 0 Å². The van der Waals surface area contributed by atoms with E-state index in [9.17, 15) is 0 Å². The molecule has 0 saturated heterocycles. The summed E-state index contributed by atoms with van der Waals surface area (Å²) in [6.07, 6.45) is 0. The van der Waals surface area contributed by atoms with Gasteiger partial charge in [-0.3, -0.25) is 0 Å². The molecule has 1 aromatic carbocycles. The van der Waals surface area contributed by atoms with Gasteiger partial charge in [-0.25, -0.2) is 0 Å². The van der Waals surface area contributed by atoms with E-state index < -0.39 is 0 Å². The fourth-order valence-electron chi connectivity index (χ4n) is 0.737. The number of thiophene rings is 1. The first kappa shape index (κ1) is 5.00. The van der Waals surface area contributed by atoms with Gasteiger partial charge in [0.05, 0.1) is 0 Å². The summed E-state index contributed by atoms with van der Waals surface area (Å²) in [5.74, 6) is 0. The van der Waals surface area contributed by atoms with Gasteiger partial charge in [-0.15, -0.1) is 11.3 Å². The summed E-state index contributed by atoms with van der Waals surface area (Å²) in [5, 5.41) is 3.09. The minimum absolute atomic E-state index is 1.14. The van der Waals surface area contributed by atoms with Crippen LogP contribution in [0.3, 0.4) is 0 Å². The van der Waals surface area contributed by atoms with Crippen molar-refractivity contribution in [2.24, 2.45) is 0 Å². The van der Waals surface area contributed by atoms with Gasteiger partial charge in [0.25, 0.3) is 0 Å². The molecular weight excluding hydrogens is 128 g/mol. The lowest BCUT2D eigenvalue weighted by Gasteiger charge is -1.80. The average molecular weight is 131 g/mol. The molecule has 0 atom stereocenters. The standard InChI is InChI=1S/C8H3S/c1-2-4-8-7(3-1)5-6-9-8/h3-4,6H. The second-order valence-corrected chi connectivity index (χ2v) is 2.65. The second-order valence-electron chi connectivity index (χ2n) is 1.74. The molecule has 0 aliphatic rings. The molecule has 0 nitrogen and oxygen atoms in total. The van der Waals surface area contributed by atoms with Crippen molar-refractivity contribution in [3.63, 3.8) is 0 Å². The summed E-state index contributed by atoms with van der Waals surface area (Å²) < 4.78 is 1.23. The van der Waals surface area contributed by atoms with Gasteiger partial charge in [0.15, 0.2) is 0 Å². The third-order valence-electron chi connectivity index (χ3n) is 1.17. The Morgan fingerprint density at radius 2 is 2.11 bits per heavy atom. The Balaban J connectivity index is 2.95. The first-order valence-corrected chi connectivity index (χ1v) is 3.51. The van der Waals surface area contributed by atoms with Crippen LogP contribution in [0.15, 0.2) is 17.5 Å². The average Bonchev–Trinajstić information content (AvgIpc) is 2.33. The Morgan fingerprint density at radius 3 is 3.00 bits per heavy atom. The zero-order valence-electron chi connectivity index (χ0n) is 4.64. The molecule has 1 aromatic heterocycles. The van der Waals surface area contributed by atoms with Crippen LogP contribution in [0.4, 0.5) is 0 Å². The molecule has 0 saturated carbocycles. The molecule has 0 aliphatic heterocycles. The predicted octanol–water partition coefficient (Wildman–Crippen LogP) is 2.30. The van der Waals surface area contributed by atoms with Gasteiger partial charge in [-0.1, -0.05) is 0 Å². The Bertz CT molecular complexity index is 279. The van der Waals surface area contributed by atoms with Crippen LogP contribution in [0.5, 0.6) is 0 Å². The Kier molecular flexibility index (Phi) is 1.03. The highest BCUT2D eigenvalue weighted by molar-refractivity contribution is 7.17. The molecule has 1 heterocycles. The molecule has 2 rings (SSSR count). The van der Waals surface area contributed by atoms with Crippen molar-refractivity contribution in [3.05, 3.63) is 35.7 Å². The van der Waals surface area contributed by atoms with Crippen molar-refractivity contribution in [1.82, 2.24) is 0 Å².